The van der Waals surface area contributed by atoms with Gasteiger partial charge < -0.3 is 25.3 Å². The number of carbonyl (C=O) groups excluding carboxylic acids is 1. The maximum atomic E-state index is 14.2. The summed E-state index contributed by atoms with van der Waals surface area (Å²) < 4.78 is 65.0. The second kappa shape index (κ2) is 10.1. The van der Waals surface area contributed by atoms with Gasteiger partial charge in [0.25, 0.3) is 5.91 Å². The highest BCUT2D eigenvalue weighted by Gasteiger charge is 2.33. The first-order valence-electron chi connectivity index (χ1n) is 11.0. The lowest BCUT2D eigenvalue weighted by atomic mass is 10.1. The van der Waals surface area contributed by atoms with E-state index in [0.717, 1.165) is 6.07 Å². The van der Waals surface area contributed by atoms with Crippen molar-refractivity contribution < 1.29 is 36.6 Å². The van der Waals surface area contributed by atoms with Crippen molar-refractivity contribution in [3.8, 4) is 17.2 Å². The SMILES string of the molecule is COc1ccc(-c2nc(C(=O)NC(CO)c3ccccc3F)c([C@H](C)N)o2)c2ccc(C(F)(F)F)nc12. The van der Waals surface area contributed by atoms with Crippen LogP contribution in [0.4, 0.5) is 17.6 Å². The van der Waals surface area contributed by atoms with E-state index in [2.05, 4.69) is 15.3 Å². The van der Waals surface area contributed by atoms with Crippen LogP contribution in [-0.2, 0) is 6.18 Å². The standard InChI is InChI=1S/C25H22F4N4O4/c1-12(30)22-21(23(35)31-17(11-34)15-5-3-4-6-16(15)26)33-24(37-22)14-7-9-18(36-2)20-13(14)8-10-19(32-20)25(27,28)29/h3-10,12,17,34H,11,30H2,1-2H3,(H,31,35)/t12-,17?/m0/s1. The molecule has 0 aliphatic rings. The predicted molar refractivity (Wildman–Crippen MR) is 125 cm³/mol. The smallest absolute Gasteiger partial charge is 0.433 e. The number of hydrogen-bond donors (Lipinski definition) is 3. The van der Waals surface area contributed by atoms with Crippen LogP contribution in [0.3, 0.4) is 0 Å². The number of hydrogen-bond acceptors (Lipinski definition) is 7. The summed E-state index contributed by atoms with van der Waals surface area (Å²) in [6.07, 6.45) is -4.67. The Balaban J connectivity index is 1.78. The van der Waals surface area contributed by atoms with Crippen molar-refractivity contribution >= 4 is 16.8 Å². The van der Waals surface area contributed by atoms with Gasteiger partial charge in [-0.3, -0.25) is 4.79 Å². The van der Waals surface area contributed by atoms with Gasteiger partial charge in [-0.15, -0.1) is 0 Å². The minimum atomic E-state index is -4.67. The molecule has 37 heavy (non-hydrogen) atoms. The average molecular weight is 518 g/mol. The highest BCUT2D eigenvalue weighted by molar-refractivity contribution is 5.98. The number of pyridine rings is 1. The predicted octanol–water partition coefficient (Wildman–Crippen LogP) is 4.54. The van der Waals surface area contributed by atoms with E-state index in [4.69, 9.17) is 14.9 Å². The largest absolute Gasteiger partial charge is 0.494 e. The molecule has 4 aromatic rings. The Morgan fingerprint density at radius 1 is 1.16 bits per heavy atom. The highest BCUT2D eigenvalue weighted by Crippen LogP contribution is 2.37. The Bertz CT molecular complexity index is 1450. The Labute approximate surface area is 208 Å². The van der Waals surface area contributed by atoms with Crippen LogP contribution in [0.1, 0.15) is 46.5 Å². The molecular weight excluding hydrogens is 496 g/mol. The third-order valence-corrected chi connectivity index (χ3v) is 5.61. The lowest BCUT2D eigenvalue weighted by molar-refractivity contribution is -0.140. The number of nitrogens with two attached hydrogens (primary N) is 1. The number of carbonyl (C=O) groups is 1. The molecule has 4 N–H and O–H groups in total. The van der Waals surface area contributed by atoms with Crippen LogP contribution < -0.4 is 15.8 Å². The van der Waals surface area contributed by atoms with Gasteiger partial charge in [0.15, 0.2) is 11.5 Å². The molecule has 0 bridgehead atoms. The van der Waals surface area contributed by atoms with Crippen LogP contribution in [0.5, 0.6) is 5.75 Å². The zero-order valence-corrected chi connectivity index (χ0v) is 19.6. The number of aromatic nitrogens is 2. The summed E-state index contributed by atoms with van der Waals surface area (Å²) in [6.45, 7) is 0.950. The number of fused-ring (bicyclic) bond motifs is 1. The van der Waals surface area contributed by atoms with E-state index in [0.29, 0.717) is 0 Å². The van der Waals surface area contributed by atoms with E-state index in [9.17, 15) is 27.5 Å². The van der Waals surface area contributed by atoms with Crippen LogP contribution in [0.25, 0.3) is 22.4 Å². The Kier molecular flexibility index (Phi) is 7.14. The van der Waals surface area contributed by atoms with Crippen molar-refractivity contribution in [2.24, 2.45) is 5.73 Å². The van der Waals surface area contributed by atoms with E-state index in [1.54, 1.807) is 13.0 Å². The topological polar surface area (TPSA) is 124 Å². The third-order valence-electron chi connectivity index (χ3n) is 5.61. The molecular formula is C25H22F4N4O4. The minimum absolute atomic E-state index is 0.0124. The van der Waals surface area contributed by atoms with Crippen molar-refractivity contribution in [3.63, 3.8) is 0 Å². The molecule has 0 radical (unpaired) electrons. The Morgan fingerprint density at radius 2 is 1.89 bits per heavy atom. The van der Waals surface area contributed by atoms with Crippen molar-refractivity contribution in [1.29, 1.82) is 0 Å². The summed E-state index contributed by atoms with van der Waals surface area (Å²) in [5.41, 5.74) is 4.89. The molecule has 2 heterocycles. The fourth-order valence-corrected chi connectivity index (χ4v) is 3.83. The lowest BCUT2D eigenvalue weighted by Crippen LogP contribution is -2.32. The van der Waals surface area contributed by atoms with E-state index >= 15 is 0 Å². The van der Waals surface area contributed by atoms with Gasteiger partial charge in [0.2, 0.25) is 5.89 Å². The van der Waals surface area contributed by atoms with Gasteiger partial charge in [-0.25, -0.2) is 14.4 Å². The monoisotopic (exact) mass is 518 g/mol. The summed E-state index contributed by atoms with van der Waals surface area (Å²) in [6, 6.07) is 8.68. The summed E-state index contributed by atoms with van der Waals surface area (Å²) in [5, 5.41) is 12.5. The number of amides is 1. The first-order chi connectivity index (χ1) is 17.5. The van der Waals surface area contributed by atoms with Crippen LogP contribution in [0, 0.1) is 5.82 Å². The molecule has 0 saturated carbocycles. The molecule has 12 heteroatoms. The van der Waals surface area contributed by atoms with Gasteiger partial charge in [-0.1, -0.05) is 18.2 Å². The molecule has 1 amide bonds. The number of aliphatic hydroxyl groups excluding tert-OH is 1. The van der Waals surface area contributed by atoms with Crippen LogP contribution >= 0.6 is 0 Å². The average Bonchev–Trinajstić information content (AvgIpc) is 3.32. The number of benzene rings is 2. The minimum Gasteiger partial charge on any atom is -0.494 e. The molecule has 0 fully saturated rings. The second-order valence-corrected chi connectivity index (χ2v) is 8.16. The maximum Gasteiger partial charge on any atom is 0.433 e. The maximum absolute atomic E-state index is 14.2. The third kappa shape index (κ3) is 5.11. The zero-order valence-electron chi connectivity index (χ0n) is 19.6. The van der Waals surface area contributed by atoms with E-state index in [-0.39, 0.29) is 45.1 Å². The summed E-state index contributed by atoms with van der Waals surface area (Å²) in [4.78, 5) is 21.1. The fourth-order valence-electron chi connectivity index (χ4n) is 3.83. The molecule has 8 nitrogen and oxygen atoms in total. The number of methoxy groups -OCH3 is 1. The Hall–Kier alpha value is -4.03. The summed E-state index contributed by atoms with van der Waals surface area (Å²) in [5.74, 6) is -1.43. The van der Waals surface area contributed by atoms with E-state index in [1.807, 2.05) is 0 Å². The van der Waals surface area contributed by atoms with Crippen LogP contribution in [0.2, 0.25) is 0 Å². The molecule has 0 spiro atoms. The molecule has 0 saturated heterocycles. The molecule has 2 aromatic heterocycles. The van der Waals surface area contributed by atoms with Crippen LogP contribution in [0.15, 0.2) is 52.9 Å². The van der Waals surface area contributed by atoms with Gasteiger partial charge in [0, 0.05) is 16.5 Å². The van der Waals surface area contributed by atoms with E-state index < -0.39 is 42.3 Å². The number of oxazole rings is 1. The summed E-state index contributed by atoms with van der Waals surface area (Å²) >= 11 is 0. The molecule has 2 atom stereocenters. The van der Waals surface area contributed by atoms with Gasteiger partial charge >= 0.3 is 6.18 Å². The number of nitrogens with zero attached hydrogens (tertiary/aromatic N) is 2. The Morgan fingerprint density at radius 3 is 2.51 bits per heavy atom. The molecule has 0 aliphatic carbocycles. The van der Waals surface area contributed by atoms with Crippen molar-refractivity contribution in [2.75, 3.05) is 13.7 Å². The fraction of sp³-hybridized carbons (Fsp3) is 0.240. The molecule has 194 valence electrons. The van der Waals surface area contributed by atoms with Gasteiger partial charge in [0.1, 0.15) is 22.8 Å². The van der Waals surface area contributed by atoms with Gasteiger partial charge in [-0.05, 0) is 37.3 Å². The normalized spacial score (nSPS) is 13.4. The first-order valence-corrected chi connectivity index (χ1v) is 11.0. The number of alkyl halides is 3. The van der Waals surface area contributed by atoms with E-state index in [1.165, 1.54) is 43.5 Å². The van der Waals surface area contributed by atoms with Gasteiger partial charge in [0.05, 0.1) is 25.8 Å². The number of ether oxygens (including phenoxy) is 1. The number of rotatable bonds is 7. The number of aliphatic hydroxyl groups is 1. The molecule has 2 aromatic carbocycles. The van der Waals surface area contributed by atoms with Crippen molar-refractivity contribution in [2.45, 2.75) is 25.2 Å². The molecule has 4 rings (SSSR count). The second-order valence-electron chi connectivity index (χ2n) is 8.16. The highest BCUT2D eigenvalue weighted by atomic mass is 19.4. The summed E-state index contributed by atoms with van der Waals surface area (Å²) in [7, 11) is 1.30. The van der Waals surface area contributed by atoms with Gasteiger partial charge in [-0.2, -0.15) is 13.2 Å². The number of halogens is 4. The lowest BCUT2D eigenvalue weighted by Gasteiger charge is -2.17. The van der Waals surface area contributed by atoms with Crippen molar-refractivity contribution in [3.05, 3.63) is 77.1 Å². The van der Waals surface area contributed by atoms with Crippen molar-refractivity contribution in [1.82, 2.24) is 15.3 Å². The zero-order chi connectivity index (χ0) is 26.9. The molecule has 0 aliphatic heterocycles. The first kappa shape index (κ1) is 26.0. The quantitative estimate of drug-likeness (QED) is 0.307. The number of nitrogens with one attached hydrogen (secondary N) is 1. The molecule has 1 unspecified atom stereocenters. The van der Waals surface area contributed by atoms with Crippen LogP contribution in [-0.4, -0.2) is 34.7 Å².